The van der Waals surface area contributed by atoms with Crippen LogP contribution < -0.4 is 5.32 Å². The van der Waals surface area contributed by atoms with E-state index in [0.717, 1.165) is 6.29 Å². The van der Waals surface area contributed by atoms with Gasteiger partial charge in [-0.15, -0.1) is 0 Å². The molecule has 1 aromatic carbocycles. The number of ether oxygens (including phenoxy) is 1. The average Bonchev–Trinajstić information content (AvgIpc) is 2.26. The van der Waals surface area contributed by atoms with Crippen LogP contribution >= 0.6 is 11.6 Å². The summed E-state index contributed by atoms with van der Waals surface area (Å²) in [4.78, 5) is 22.5. The number of hydrogen-bond acceptors (Lipinski definition) is 3. The van der Waals surface area contributed by atoms with E-state index < -0.39 is 17.7 Å². The number of aldehydes is 1. The van der Waals surface area contributed by atoms with Crippen LogP contribution in [0.25, 0.3) is 0 Å². The number of benzene rings is 1. The van der Waals surface area contributed by atoms with E-state index in [9.17, 15) is 9.59 Å². The highest BCUT2D eigenvalue weighted by Crippen LogP contribution is 2.24. The van der Waals surface area contributed by atoms with E-state index in [1.807, 2.05) is 0 Å². The van der Waals surface area contributed by atoms with E-state index in [1.54, 1.807) is 45.0 Å². The van der Waals surface area contributed by atoms with Crippen LogP contribution in [0.4, 0.5) is 4.79 Å². The van der Waals surface area contributed by atoms with Crippen molar-refractivity contribution < 1.29 is 14.3 Å². The Morgan fingerprint density at radius 1 is 1.42 bits per heavy atom. The summed E-state index contributed by atoms with van der Waals surface area (Å²) in [6.45, 7) is 5.32. The largest absolute Gasteiger partial charge is 0.444 e. The van der Waals surface area contributed by atoms with Crippen molar-refractivity contribution >= 4 is 24.0 Å². The molecule has 104 valence electrons. The smallest absolute Gasteiger partial charge is 0.408 e. The Balaban J connectivity index is 2.82. The molecule has 0 heterocycles. The van der Waals surface area contributed by atoms with Crippen LogP contribution in [0.15, 0.2) is 24.3 Å². The third-order valence-corrected chi connectivity index (χ3v) is 2.65. The van der Waals surface area contributed by atoms with E-state index in [-0.39, 0.29) is 6.42 Å². The molecule has 0 spiro atoms. The summed E-state index contributed by atoms with van der Waals surface area (Å²) in [6.07, 6.45) is 0.313. The number of halogens is 1. The second kappa shape index (κ2) is 6.57. The number of alkyl carbamates (subject to hydrolysis) is 1. The van der Waals surface area contributed by atoms with Crippen molar-refractivity contribution in [3.05, 3.63) is 34.9 Å². The van der Waals surface area contributed by atoms with Gasteiger partial charge >= 0.3 is 6.09 Å². The molecule has 0 fully saturated rings. The minimum atomic E-state index is -0.587. The first-order chi connectivity index (χ1) is 8.83. The zero-order valence-corrected chi connectivity index (χ0v) is 12.0. The van der Waals surface area contributed by atoms with Crippen LogP contribution in [0, 0.1) is 0 Å². The second-order valence-electron chi connectivity index (χ2n) is 5.12. The topological polar surface area (TPSA) is 55.4 Å². The third-order valence-electron chi connectivity index (χ3n) is 2.30. The number of carbonyl (C=O) groups is 2. The summed E-state index contributed by atoms with van der Waals surface area (Å²) in [6, 6.07) is 6.59. The average molecular weight is 284 g/mol. The molecule has 1 rings (SSSR count). The lowest BCUT2D eigenvalue weighted by Crippen LogP contribution is -2.35. The molecule has 0 radical (unpaired) electrons. The number of hydrogen-bond donors (Lipinski definition) is 1. The van der Waals surface area contributed by atoms with Gasteiger partial charge in [0.2, 0.25) is 0 Å². The standard InChI is InChI=1S/C14H18ClNO3/c1-14(2,3)19-13(18)16-12(8-9-17)10-6-4-5-7-11(10)15/h4-7,9,12H,8H2,1-3H3,(H,16,18). The minimum Gasteiger partial charge on any atom is -0.444 e. The summed E-state index contributed by atoms with van der Waals surface area (Å²) in [5.74, 6) is 0. The van der Waals surface area contributed by atoms with Gasteiger partial charge in [-0.05, 0) is 32.4 Å². The first-order valence-electron chi connectivity index (χ1n) is 6.01. The van der Waals surface area contributed by atoms with Gasteiger partial charge in [0, 0.05) is 11.4 Å². The number of carbonyl (C=O) groups excluding carboxylic acids is 2. The molecule has 0 bridgehead atoms. The SMILES string of the molecule is CC(C)(C)OC(=O)NC(CC=O)c1ccccc1Cl. The van der Waals surface area contributed by atoms with Gasteiger partial charge in [-0.3, -0.25) is 0 Å². The normalized spacial score (nSPS) is 12.6. The van der Waals surface area contributed by atoms with Crippen molar-refractivity contribution in [2.75, 3.05) is 0 Å². The molecule has 0 aliphatic heterocycles. The Kier molecular flexibility index (Phi) is 5.36. The molecule has 0 aliphatic rings. The van der Waals surface area contributed by atoms with Crippen molar-refractivity contribution in [2.24, 2.45) is 0 Å². The van der Waals surface area contributed by atoms with Crippen molar-refractivity contribution in [1.82, 2.24) is 5.32 Å². The maximum atomic E-state index is 11.7. The molecular weight excluding hydrogens is 266 g/mol. The summed E-state index contributed by atoms with van der Waals surface area (Å²) in [7, 11) is 0. The molecule has 1 unspecified atom stereocenters. The predicted octanol–water partition coefficient (Wildman–Crippen LogP) is 3.49. The van der Waals surface area contributed by atoms with E-state index in [4.69, 9.17) is 16.3 Å². The molecule has 0 saturated heterocycles. The van der Waals surface area contributed by atoms with Crippen LogP contribution in [0.3, 0.4) is 0 Å². The fourth-order valence-corrected chi connectivity index (χ4v) is 1.83. The highest BCUT2D eigenvalue weighted by Gasteiger charge is 2.21. The maximum Gasteiger partial charge on any atom is 0.408 e. The Bertz CT molecular complexity index is 454. The Labute approximate surface area is 118 Å². The first kappa shape index (κ1) is 15.5. The highest BCUT2D eigenvalue weighted by molar-refractivity contribution is 6.31. The van der Waals surface area contributed by atoms with Crippen LogP contribution in [0.1, 0.15) is 38.8 Å². The molecule has 1 N–H and O–H groups in total. The molecule has 0 aromatic heterocycles. The van der Waals surface area contributed by atoms with Crippen LogP contribution in [-0.2, 0) is 9.53 Å². The molecule has 1 aromatic rings. The molecule has 1 atom stereocenters. The van der Waals surface area contributed by atoms with Crippen LogP contribution in [0.2, 0.25) is 5.02 Å². The van der Waals surface area contributed by atoms with Gasteiger partial charge in [0.25, 0.3) is 0 Å². The van der Waals surface area contributed by atoms with E-state index in [2.05, 4.69) is 5.32 Å². The van der Waals surface area contributed by atoms with E-state index in [1.165, 1.54) is 0 Å². The van der Waals surface area contributed by atoms with Crippen LogP contribution in [-0.4, -0.2) is 18.0 Å². The monoisotopic (exact) mass is 283 g/mol. The molecule has 19 heavy (non-hydrogen) atoms. The summed E-state index contributed by atoms with van der Waals surface area (Å²) >= 11 is 6.06. The number of amides is 1. The molecule has 1 amide bonds. The van der Waals surface area contributed by atoms with E-state index >= 15 is 0 Å². The van der Waals surface area contributed by atoms with Gasteiger partial charge in [0.1, 0.15) is 11.9 Å². The predicted molar refractivity (Wildman–Crippen MR) is 74.2 cm³/mol. The Hall–Kier alpha value is -1.55. The highest BCUT2D eigenvalue weighted by atomic mass is 35.5. The Morgan fingerprint density at radius 3 is 2.58 bits per heavy atom. The molecule has 0 saturated carbocycles. The lowest BCUT2D eigenvalue weighted by Gasteiger charge is -2.23. The number of rotatable bonds is 4. The zero-order valence-electron chi connectivity index (χ0n) is 11.3. The van der Waals surface area contributed by atoms with Gasteiger partial charge < -0.3 is 14.8 Å². The second-order valence-corrected chi connectivity index (χ2v) is 5.53. The summed E-state index contributed by atoms with van der Waals surface area (Å²) < 4.78 is 5.17. The van der Waals surface area contributed by atoms with Gasteiger partial charge in [-0.2, -0.15) is 0 Å². The third kappa shape index (κ3) is 5.30. The lowest BCUT2D eigenvalue weighted by molar-refractivity contribution is -0.108. The van der Waals surface area contributed by atoms with Gasteiger partial charge in [0.05, 0.1) is 6.04 Å². The van der Waals surface area contributed by atoms with Crippen molar-refractivity contribution in [2.45, 2.75) is 38.8 Å². The molecule has 5 heteroatoms. The van der Waals surface area contributed by atoms with Crippen LogP contribution in [0.5, 0.6) is 0 Å². The fraction of sp³-hybridized carbons (Fsp3) is 0.429. The molecule has 4 nitrogen and oxygen atoms in total. The van der Waals surface area contributed by atoms with Gasteiger partial charge in [-0.25, -0.2) is 4.79 Å². The van der Waals surface area contributed by atoms with Crippen molar-refractivity contribution in [3.8, 4) is 0 Å². The van der Waals surface area contributed by atoms with E-state index in [0.29, 0.717) is 10.6 Å². The number of nitrogens with one attached hydrogen (secondary N) is 1. The van der Waals surface area contributed by atoms with Gasteiger partial charge in [-0.1, -0.05) is 29.8 Å². The fourth-order valence-electron chi connectivity index (χ4n) is 1.57. The van der Waals surface area contributed by atoms with Gasteiger partial charge in [0.15, 0.2) is 0 Å². The molecular formula is C14H18ClNO3. The minimum absolute atomic E-state index is 0.142. The Morgan fingerprint density at radius 2 is 2.05 bits per heavy atom. The summed E-state index contributed by atoms with van der Waals surface area (Å²) in [5, 5.41) is 3.16. The van der Waals surface area contributed by atoms with Crippen molar-refractivity contribution in [3.63, 3.8) is 0 Å². The quantitative estimate of drug-likeness (QED) is 0.861. The van der Waals surface area contributed by atoms with Crippen molar-refractivity contribution in [1.29, 1.82) is 0 Å². The maximum absolute atomic E-state index is 11.7. The molecule has 0 aliphatic carbocycles. The summed E-state index contributed by atoms with van der Waals surface area (Å²) in [5.41, 5.74) is 0.109. The first-order valence-corrected chi connectivity index (χ1v) is 6.39. The zero-order chi connectivity index (χ0) is 14.5. The lowest BCUT2D eigenvalue weighted by atomic mass is 10.0.